The number of hydrogen-bond donors (Lipinski definition) is 2. The molecule has 1 aliphatic rings. The van der Waals surface area contributed by atoms with Crippen LogP contribution in [0.4, 0.5) is 4.39 Å². The van der Waals surface area contributed by atoms with Gasteiger partial charge in [-0.3, -0.25) is 0 Å². The highest BCUT2D eigenvalue weighted by atomic mass is 19.1. The number of aryl methyl sites for hydroxylation is 1. The van der Waals surface area contributed by atoms with Crippen LogP contribution in [0.25, 0.3) is 0 Å². The molecule has 0 aliphatic carbocycles. The number of nitrogens with one attached hydrogen (secondary N) is 1. The number of rotatable bonds is 1. The van der Waals surface area contributed by atoms with E-state index in [9.17, 15) is 9.50 Å². The predicted octanol–water partition coefficient (Wildman–Crippen LogP) is 1.92. The number of benzene rings is 1. The fourth-order valence-electron chi connectivity index (χ4n) is 2.10. The molecule has 1 aromatic carbocycles. The van der Waals surface area contributed by atoms with Crippen LogP contribution in [0.1, 0.15) is 23.5 Å². The average molecular weight is 195 g/mol. The zero-order valence-electron chi connectivity index (χ0n) is 8.18. The molecule has 3 heteroatoms. The van der Waals surface area contributed by atoms with Gasteiger partial charge in [0.1, 0.15) is 0 Å². The largest absolute Gasteiger partial charge is 0.505 e. The summed E-state index contributed by atoms with van der Waals surface area (Å²) in [7, 11) is 0. The zero-order valence-corrected chi connectivity index (χ0v) is 8.18. The van der Waals surface area contributed by atoms with Crippen LogP contribution in [0.15, 0.2) is 12.1 Å². The van der Waals surface area contributed by atoms with Gasteiger partial charge < -0.3 is 10.4 Å². The van der Waals surface area contributed by atoms with Gasteiger partial charge in [0.25, 0.3) is 0 Å². The van der Waals surface area contributed by atoms with Gasteiger partial charge in [0.05, 0.1) is 0 Å². The predicted molar refractivity (Wildman–Crippen MR) is 53.0 cm³/mol. The van der Waals surface area contributed by atoms with Crippen molar-refractivity contribution < 1.29 is 9.50 Å². The first kappa shape index (κ1) is 9.46. The molecule has 76 valence electrons. The van der Waals surface area contributed by atoms with Crippen molar-refractivity contribution in [2.75, 3.05) is 13.1 Å². The molecule has 0 radical (unpaired) electrons. The van der Waals surface area contributed by atoms with Gasteiger partial charge in [-0.25, -0.2) is 4.39 Å². The second-order valence-electron chi connectivity index (χ2n) is 3.82. The summed E-state index contributed by atoms with van der Waals surface area (Å²) in [5.74, 6) is -0.429. The molecule has 1 fully saturated rings. The molecule has 2 N–H and O–H groups in total. The standard InChI is InChI=1S/C11H14FNO/c1-7-2-3-9(12)11(14)10(7)8-4-5-13-6-8/h2-3,8,13-14H,4-6H2,1H3. The maximum atomic E-state index is 13.1. The molecule has 1 atom stereocenters. The summed E-state index contributed by atoms with van der Waals surface area (Å²) >= 11 is 0. The summed E-state index contributed by atoms with van der Waals surface area (Å²) in [5, 5.41) is 12.8. The molecule has 1 saturated heterocycles. The average Bonchev–Trinajstić information content (AvgIpc) is 2.65. The summed E-state index contributed by atoms with van der Waals surface area (Å²) < 4.78 is 13.1. The van der Waals surface area contributed by atoms with E-state index in [-0.39, 0.29) is 11.7 Å². The van der Waals surface area contributed by atoms with Crippen LogP contribution in [0.2, 0.25) is 0 Å². The Morgan fingerprint density at radius 2 is 2.29 bits per heavy atom. The molecule has 0 saturated carbocycles. The van der Waals surface area contributed by atoms with Gasteiger partial charge in [-0.1, -0.05) is 6.07 Å². The molecule has 1 unspecified atom stereocenters. The van der Waals surface area contributed by atoms with Crippen LogP contribution in [0.5, 0.6) is 5.75 Å². The minimum absolute atomic E-state index is 0.168. The van der Waals surface area contributed by atoms with Crippen molar-refractivity contribution in [3.63, 3.8) is 0 Å². The highest BCUT2D eigenvalue weighted by molar-refractivity contribution is 5.43. The Labute approximate surface area is 82.8 Å². The monoisotopic (exact) mass is 195 g/mol. The van der Waals surface area contributed by atoms with E-state index in [0.717, 1.165) is 30.6 Å². The van der Waals surface area contributed by atoms with Gasteiger partial charge in [-0.15, -0.1) is 0 Å². The Bertz CT molecular complexity index is 345. The van der Waals surface area contributed by atoms with Crippen molar-refractivity contribution in [3.05, 3.63) is 29.1 Å². The van der Waals surface area contributed by atoms with E-state index in [1.165, 1.54) is 6.07 Å². The van der Waals surface area contributed by atoms with Gasteiger partial charge in [-0.05, 0) is 31.5 Å². The van der Waals surface area contributed by atoms with Crippen LogP contribution < -0.4 is 5.32 Å². The maximum Gasteiger partial charge on any atom is 0.165 e. The molecule has 0 bridgehead atoms. The van der Waals surface area contributed by atoms with Crippen LogP contribution in [-0.4, -0.2) is 18.2 Å². The number of hydrogen-bond acceptors (Lipinski definition) is 2. The number of halogens is 1. The molecule has 14 heavy (non-hydrogen) atoms. The normalized spacial score (nSPS) is 21.4. The van der Waals surface area contributed by atoms with Crippen molar-refractivity contribution in [2.45, 2.75) is 19.3 Å². The van der Waals surface area contributed by atoms with Crippen LogP contribution in [0, 0.1) is 12.7 Å². The first-order valence-corrected chi connectivity index (χ1v) is 4.89. The first-order chi connectivity index (χ1) is 6.70. The fraction of sp³-hybridized carbons (Fsp3) is 0.455. The van der Waals surface area contributed by atoms with Crippen molar-refractivity contribution >= 4 is 0 Å². The van der Waals surface area contributed by atoms with E-state index < -0.39 is 5.82 Å². The summed E-state index contributed by atoms with van der Waals surface area (Å²) in [6, 6.07) is 3.04. The van der Waals surface area contributed by atoms with E-state index in [4.69, 9.17) is 0 Å². The second-order valence-corrected chi connectivity index (χ2v) is 3.82. The Morgan fingerprint density at radius 3 is 2.93 bits per heavy atom. The lowest BCUT2D eigenvalue weighted by Gasteiger charge is -2.14. The van der Waals surface area contributed by atoms with Gasteiger partial charge in [0.2, 0.25) is 0 Å². The third-order valence-electron chi connectivity index (χ3n) is 2.85. The van der Waals surface area contributed by atoms with Gasteiger partial charge in [0.15, 0.2) is 11.6 Å². The Balaban J connectivity index is 2.44. The number of aromatic hydroxyl groups is 1. The molecule has 0 spiro atoms. The highest BCUT2D eigenvalue weighted by Crippen LogP contribution is 2.34. The third kappa shape index (κ3) is 1.48. The molecule has 0 aromatic heterocycles. The lowest BCUT2D eigenvalue weighted by molar-refractivity contribution is 0.420. The molecular weight excluding hydrogens is 181 g/mol. The highest BCUT2D eigenvalue weighted by Gasteiger charge is 2.23. The SMILES string of the molecule is Cc1ccc(F)c(O)c1C1CCNC1. The van der Waals surface area contributed by atoms with Gasteiger partial charge in [0, 0.05) is 18.0 Å². The lowest BCUT2D eigenvalue weighted by Crippen LogP contribution is -2.09. The van der Waals surface area contributed by atoms with Crippen LogP contribution in [-0.2, 0) is 0 Å². The number of phenols is 1. The van der Waals surface area contributed by atoms with Crippen molar-refractivity contribution in [3.8, 4) is 5.75 Å². The maximum absolute atomic E-state index is 13.1. The summed E-state index contributed by atoms with van der Waals surface area (Å²) in [6.07, 6.45) is 0.970. The van der Waals surface area contributed by atoms with Crippen molar-refractivity contribution in [1.29, 1.82) is 0 Å². The van der Waals surface area contributed by atoms with E-state index in [1.54, 1.807) is 6.07 Å². The second kappa shape index (κ2) is 3.58. The summed E-state index contributed by atoms with van der Waals surface area (Å²) in [6.45, 7) is 3.69. The lowest BCUT2D eigenvalue weighted by atomic mass is 9.93. The molecule has 1 aliphatic heterocycles. The molecule has 1 heterocycles. The van der Waals surface area contributed by atoms with Gasteiger partial charge in [-0.2, -0.15) is 0 Å². The third-order valence-corrected chi connectivity index (χ3v) is 2.85. The molecule has 2 nitrogen and oxygen atoms in total. The van der Waals surface area contributed by atoms with Crippen LogP contribution in [0.3, 0.4) is 0 Å². The van der Waals surface area contributed by atoms with E-state index in [0.29, 0.717) is 0 Å². The quantitative estimate of drug-likeness (QED) is 0.717. The fourth-order valence-corrected chi connectivity index (χ4v) is 2.10. The minimum Gasteiger partial charge on any atom is -0.505 e. The Morgan fingerprint density at radius 1 is 1.50 bits per heavy atom. The molecule has 1 aromatic rings. The van der Waals surface area contributed by atoms with Crippen molar-refractivity contribution in [1.82, 2.24) is 5.32 Å². The molecule has 2 rings (SSSR count). The first-order valence-electron chi connectivity index (χ1n) is 4.89. The summed E-state index contributed by atoms with van der Waals surface area (Å²) in [5.41, 5.74) is 1.74. The molecule has 0 amide bonds. The summed E-state index contributed by atoms with van der Waals surface area (Å²) in [4.78, 5) is 0. The van der Waals surface area contributed by atoms with Crippen molar-refractivity contribution in [2.24, 2.45) is 0 Å². The van der Waals surface area contributed by atoms with E-state index >= 15 is 0 Å². The van der Waals surface area contributed by atoms with Crippen LogP contribution >= 0.6 is 0 Å². The topological polar surface area (TPSA) is 32.3 Å². The minimum atomic E-state index is -0.516. The molecular formula is C11H14FNO. The Kier molecular flexibility index (Phi) is 2.42. The van der Waals surface area contributed by atoms with E-state index in [1.807, 2.05) is 6.92 Å². The van der Waals surface area contributed by atoms with E-state index in [2.05, 4.69) is 5.32 Å². The van der Waals surface area contributed by atoms with Gasteiger partial charge >= 0.3 is 0 Å². The smallest absolute Gasteiger partial charge is 0.165 e. The zero-order chi connectivity index (χ0) is 10.1. The number of phenolic OH excluding ortho intramolecular Hbond substituents is 1. The Hall–Kier alpha value is -1.09.